The number of hydrogen-bond donors (Lipinski definition) is 1. The van der Waals surface area contributed by atoms with Gasteiger partial charge in [-0.05, 0) is 44.4 Å². The lowest BCUT2D eigenvalue weighted by Crippen LogP contribution is -2.21. The van der Waals surface area contributed by atoms with E-state index in [1.165, 1.54) is 29.5 Å². The molecule has 1 aliphatic heterocycles. The van der Waals surface area contributed by atoms with Gasteiger partial charge in [0.15, 0.2) is 11.6 Å². The predicted octanol–water partition coefficient (Wildman–Crippen LogP) is 5.36. The van der Waals surface area contributed by atoms with Gasteiger partial charge in [0.1, 0.15) is 0 Å². The molecular weight excluding hydrogens is 418 g/mol. The molecule has 32 heavy (non-hydrogen) atoms. The number of rotatable bonds is 4. The van der Waals surface area contributed by atoms with Gasteiger partial charge in [-0.1, -0.05) is 35.9 Å². The molecule has 1 N–H and O–H groups in total. The highest BCUT2D eigenvalue weighted by Gasteiger charge is 2.21. The number of fused-ring (bicyclic) bond motifs is 2. The van der Waals surface area contributed by atoms with E-state index in [4.69, 9.17) is 20.1 Å². The van der Waals surface area contributed by atoms with Crippen molar-refractivity contribution in [2.24, 2.45) is 0 Å². The molecule has 3 aromatic heterocycles. The van der Waals surface area contributed by atoms with Gasteiger partial charge >= 0.3 is 0 Å². The minimum Gasteiger partial charge on any atom is -0.354 e. The van der Waals surface area contributed by atoms with Crippen LogP contribution in [0.4, 0.5) is 17.6 Å². The standard InChI is InChI=1S/C24H23N7S/c1-15-9-10-17(16(2)13-15)20-14-32-24-28-23(29-31(20)24)27-21-22(30-11-5-6-12-30)26-19-8-4-3-7-18(19)25-21/h3-4,7-10,13-14H,5-6,11-12H2,1-2H3,(H,25,27,29). The molecule has 1 saturated heterocycles. The van der Waals surface area contributed by atoms with Crippen LogP contribution in [0.2, 0.25) is 0 Å². The number of nitrogens with one attached hydrogen (secondary N) is 1. The SMILES string of the molecule is Cc1ccc(-c2csc3nc(Nc4nc5ccccc5nc4N4CCCC4)nn23)c(C)c1. The number of anilines is 3. The van der Waals surface area contributed by atoms with Gasteiger partial charge < -0.3 is 10.2 Å². The molecule has 1 fully saturated rings. The molecule has 2 aromatic carbocycles. The summed E-state index contributed by atoms with van der Waals surface area (Å²) in [5.41, 5.74) is 6.45. The average molecular weight is 442 g/mol. The van der Waals surface area contributed by atoms with Crippen molar-refractivity contribution >= 4 is 44.9 Å². The molecule has 1 aliphatic rings. The summed E-state index contributed by atoms with van der Waals surface area (Å²) < 4.78 is 1.91. The van der Waals surface area contributed by atoms with E-state index < -0.39 is 0 Å². The van der Waals surface area contributed by atoms with Crippen LogP contribution in [0.25, 0.3) is 27.3 Å². The molecule has 8 heteroatoms. The molecule has 0 atom stereocenters. The number of benzene rings is 2. The molecule has 0 aliphatic carbocycles. The number of hydrogen-bond acceptors (Lipinski definition) is 7. The summed E-state index contributed by atoms with van der Waals surface area (Å²) in [5.74, 6) is 2.11. The lowest BCUT2D eigenvalue weighted by molar-refractivity contribution is 0.935. The Morgan fingerprint density at radius 2 is 1.72 bits per heavy atom. The Morgan fingerprint density at radius 1 is 0.938 bits per heavy atom. The van der Waals surface area contributed by atoms with E-state index >= 15 is 0 Å². The summed E-state index contributed by atoms with van der Waals surface area (Å²) >= 11 is 1.59. The Hall–Kier alpha value is -3.52. The molecule has 5 aromatic rings. The Bertz CT molecular complexity index is 1450. The molecule has 0 saturated carbocycles. The fraction of sp³-hybridized carbons (Fsp3) is 0.250. The summed E-state index contributed by atoms with van der Waals surface area (Å²) in [6.45, 7) is 6.23. The van der Waals surface area contributed by atoms with Gasteiger partial charge in [0.2, 0.25) is 10.9 Å². The van der Waals surface area contributed by atoms with E-state index in [1.807, 2.05) is 28.8 Å². The Labute approximate surface area is 189 Å². The van der Waals surface area contributed by atoms with E-state index in [-0.39, 0.29) is 0 Å². The summed E-state index contributed by atoms with van der Waals surface area (Å²) in [4.78, 5) is 17.7. The molecule has 0 spiro atoms. The molecule has 0 bridgehead atoms. The van der Waals surface area contributed by atoms with E-state index in [2.05, 4.69) is 47.6 Å². The second-order valence-corrected chi connectivity index (χ2v) is 9.11. The first-order chi connectivity index (χ1) is 15.7. The fourth-order valence-corrected chi connectivity index (χ4v) is 5.17. The monoisotopic (exact) mass is 441 g/mol. The highest BCUT2D eigenvalue weighted by Crippen LogP contribution is 2.32. The first-order valence-corrected chi connectivity index (χ1v) is 11.7. The van der Waals surface area contributed by atoms with Crippen LogP contribution in [0.5, 0.6) is 0 Å². The van der Waals surface area contributed by atoms with Gasteiger partial charge in [-0.2, -0.15) is 4.98 Å². The normalized spacial score (nSPS) is 14.0. The van der Waals surface area contributed by atoms with E-state index in [0.717, 1.165) is 40.6 Å². The zero-order valence-electron chi connectivity index (χ0n) is 18.0. The highest BCUT2D eigenvalue weighted by atomic mass is 32.1. The van der Waals surface area contributed by atoms with Crippen molar-refractivity contribution < 1.29 is 0 Å². The topological polar surface area (TPSA) is 71.2 Å². The Kier molecular flexibility index (Phi) is 4.53. The molecule has 0 radical (unpaired) electrons. The fourth-order valence-electron chi connectivity index (χ4n) is 4.35. The third-order valence-electron chi connectivity index (χ3n) is 5.93. The maximum Gasteiger partial charge on any atom is 0.249 e. The molecule has 160 valence electrons. The first-order valence-electron chi connectivity index (χ1n) is 10.9. The van der Waals surface area contributed by atoms with Crippen LogP contribution in [0.15, 0.2) is 47.8 Å². The van der Waals surface area contributed by atoms with Crippen LogP contribution in [0.1, 0.15) is 24.0 Å². The van der Waals surface area contributed by atoms with Gasteiger partial charge in [-0.3, -0.25) is 0 Å². The third kappa shape index (κ3) is 3.27. The number of aryl methyl sites for hydroxylation is 2. The highest BCUT2D eigenvalue weighted by molar-refractivity contribution is 7.15. The van der Waals surface area contributed by atoms with Crippen LogP contribution in [-0.4, -0.2) is 37.7 Å². The molecule has 0 unspecified atom stereocenters. The number of para-hydroxylation sites is 2. The lowest BCUT2D eigenvalue weighted by atomic mass is 10.0. The summed E-state index contributed by atoms with van der Waals surface area (Å²) in [5, 5.41) is 10.3. The van der Waals surface area contributed by atoms with Crippen molar-refractivity contribution in [3.05, 3.63) is 59.0 Å². The minimum absolute atomic E-state index is 0.535. The average Bonchev–Trinajstić information content (AvgIpc) is 3.52. The molecule has 0 amide bonds. The van der Waals surface area contributed by atoms with Crippen molar-refractivity contribution in [1.29, 1.82) is 0 Å². The number of thiazole rings is 1. The minimum atomic E-state index is 0.535. The van der Waals surface area contributed by atoms with Crippen LogP contribution < -0.4 is 10.2 Å². The van der Waals surface area contributed by atoms with Gasteiger partial charge in [-0.25, -0.2) is 14.5 Å². The van der Waals surface area contributed by atoms with Crippen molar-refractivity contribution in [2.75, 3.05) is 23.3 Å². The van der Waals surface area contributed by atoms with Gasteiger partial charge in [0, 0.05) is 24.0 Å². The molecule has 7 nitrogen and oxygen atoms in total. The van der Waals surface area contributed by atoms with Crippen LogP contribution in [0, 0.1) is 13.8 Å². The second kappa shape index (κ2) is 7.56. The van der Waals surface area contributed by atoms with Crippen LogP contribution in [0.3, 0.4) is 0 Å². The first kappa shape index (κ1) is 19.2. The largest absolute Gasteiger partial charge is 0.354 e. The smallest absolute Gasteiger partial charge is 0.249 e. The number of nitrogens with zero attached hydrogens (tertiary/aromatic N) is 6. The maximum absolute atomic E-state index is 4.92. The third-order valence-corrected chi connectivity index (χ3v) is 6.74. The van der Waals surface area contributed by atoms with Gasteiger partial charge in [-0.15, -0.1) is 16.4 Å². The zero-order valence-corrected chi connectivity index (χ0v) is 18.9. The van der Waals surface area contributed by atoms with Crippen LogP contribution in [-0.2, 0) is 0 Å². The summed E-state index contributed by atoms with van der Waals surface area (Å²) in [6, 6.07) is 14.5. The summed E-state index contributed by atoms with van der Waals surface area (Å²) in [7, 11) is 0. The lowest BCUT2D eigenvalue weighted by Gasteiger charge is -2.19. The Balaban J connectivity index is 1.41. The Morgan fingerprint density at radius 3 is 2.50 bits per heavy atom. The maximum atomic E-state index is 4.92. The van der Waals surface area contributed by atoms with Crippen molar-refractivity contribution in [2.45, 2.75) is 26.7 Å². The zero-order chi connectivity index (χ0) is 21.7. The van der Waals surface area contributed by atoms with Crippen molar-refractivity contribution in [1.82, 2.24) is 24.6 Å². The summed E-state index contributed by atoms with van der Waals surface area (Å²) in [6.07, 6.45) is 2.34. The number of aromatic nitrogens is 5. The van der Waals surface area contributed by atoms with Crippen LogP contribution >= 0.6 is 11.3 Å². The van der Waals surface area contributed by atoms with E-state index in [0.29, 0.717) is 11.8 Å². The van der Waals surface area contributed by atoms with Crippen molar-refractivity contribution in [3.63, 3.8) is 0 Å². The van der Waals surface area contributed by atoms with Crippen molar-refractivity contribution in [3.8, 4) is 11.3 Å². The second-order valence-electron chi connectivity index (χ2n) is 8.27. The molecular formula is C24H23N7S. The van der Waals surface area contributed by atoms with E-state index in [9.17, 15) is 0 Å². The van der Waals surface area contributed by atoms with Gasteiger partial charge in [0.25, 0.3) is 0 Å². The quantitative estimate of drug-likeness (QED) is 0.405. The van der Waals surface area contributed by atoms with E-state index in [1.54, 1.807) is 11.3 Å². The van der Waals surface area contributed by atoms with Gasteiger partial charge in [0.05, 0.1) is 16.7 Å². The molecule has 4 heterocycles. The molecule has 6 rings (SSSR count). The predicted molar refractivity (Wildman–Crippen MR) is 130 cm³/mol.